The zero-order valence-corrected chi connectivity index (χ0v) is 15.6. The molecule has 1 aromatic heterocycles. The van der Waals surface area contributed by atoms with Gasteiger partial charge in [-0.25, -0.2) is 4.98 Å². The van der Waals surface area contributed by atoms with Crippen molar-refractivity contribution in [3.8, 4) is 17.1 Å². The van der Waals surface area contributed by atoms with Crippen LogP contribution in [-0.2, 0) is 0 Å². The fraction of sp³-hybridized carbons (Fsp3) is 0. The summed E-state index contributed by atoms with van der Waals surface area (Å²) >= 11 is 6.07. The van der Waals surface area contributed by atoms with Crippen molar-refractivity contribution in [2.75, 3.05) is 0 Å². The SMILES string of the molecule is O=c1c2ccccc2nc(-c2ccc(Cl)cc2)n1-c1cccc2ccccc12. The van der Waals surface area contributed by atoms with E-state index in [4.69, 9.17) is 16.6 Å². The highest BCUT2D eigenvalue weighted by Crippen LogP contribution is 2.27. The average Bonchev–Trinajstić information content (AvgIpc) is 2.74. The Bertz CT molecular complexity index is 1380. The van der Waals surface area contributed by atoms with E-state index < -0.39 is 0 Å². The Kier molecular flexibility index (Phi) is 3.96. The third kappa shape index (κ3) is 2.68. The minimum atomic E-state index is -0.0908. The summed E-state index contributed by atoms with van der Waals surface area (Å²) in [5, 5.41) is 3.30. The lowest BCUT2D eigenvalue weighted by molar-refractivity contribution is 0.984. The first-order valence-corrected chi connectivity index (χ1v) is 9.36. The van der Waals surface area contributed by atoms with Crippen molar-refractivity contribution in [1.29, 1.82) is 0 Å². The molecular formula is C24H15ClN2O. The van der Waals surface area contributed by atoms with Gasteiger partial charge in [0.2, 0.25) is 0 Å². The maximum absolute atomic E-state index is 13.5. The van der Waals surface area contributed by atoms with Crippen LogP contribution in [0.3, 0.4) is 0 Å². The van der Waals surface area contributed by atoms with Gasteiger partial charge in [0.25, 0.3) is 5.56 Å². The maximum Gasteiger partial charge on any atom is 0.266 e. The van der Waals surface area contributed by atoms with Gasteiger partial charge in [-0.15, -0.1) is 0 Å². The highest BCUT2D eigenvalue weighted by Gasteiger charge is 2.16. The van der Waals surface area contributed by atoms with E-state index in [1.807, 2.05) is 91.0 Å². The number of rotatable bonds is 2. The van der Waals surface area contributed by atoms with Gasteiger partial charge >= 0.3 is 0 Å². The Morgan fingerprint density at radius 1 is 0.714 bits per heavy atom. The predicted octanol–water partition coefficient (Wildman–Crippen LogP) is 5.86. The Hall–Kier alpha value is -3.43. The molecule has 0 spiro atoms. The second-order valence-electron chi connectivity index (χ2n) is 6.60. The van der Waals surface area contributed by atoms with Gasteiger partial charge in [0.1, 0.15) is 5.82 Å². The molecule has 0 aliphatic heterocycles. The van der Waals surface area contributed by atoms with Crippen molar-refractivity contribution >= 4 is 33.3 Å². The summed E-state index contributed by atoms with van der Waals surface area (Å²) < 4.78 is 1.70. The van der Waals surface area contributed by atoms with Crippen LogP contribution in [-0.4, -0.2) is 9.55 Å². The van der Waals surface area contributed by atoms with Gasteiger partial charge in [-0.3, -0.25) is 9.36 Å². The molecule has 0 aliphatic rings. The number of halogens is 1. The molecule has 5 rings (SSSR count). The molecule has 0 fully saturated rings. The van der Waals surface area contributed by atoms with Gasteiger partial charge in [0, 0.05) is 16.0 Å². The number of fused-ring (bicyclic) bond motifs is 2. The maximum atomic E-state index is 13.5. The highest BCUT2D eigenvalue weighted by molar-refractivity contribution is 6.30. The van der Waals surface area contributed by atoms with Gasteiger partial charge in [-0.05, 0) is 47.9 Å². The summed E-state index contributed by atoms with van der Waals surface area (Å²) in [6.45, 7) is 0. The van der Waals surface area contributed by atoms with Crippen LogP contribution >= 0.6 is 11.6 Å². The van der Waals surface area contributed by atoms with E-state index in [0.717, 1.165) is 22.0 Å². The molecule has 4 heteroatoms. The number of nitrogens with zero attached hydrogens (tertiary/aromatic N) is 2. The molecule has 0 aliphatic carbocycles. The number of hydrogen-bond acceptors (Lipinski definition) is 2. The van der Waals surface area contributed by atoms with Crippen molar-refractivity contribution in [3.63, 3.8) is 0 Å². The Labute approximate surface area is 166 Å². The molecular weight excluding hydrogens is 368 g/mol. The third-order valence-electron chi connectivity index (χ3n) is 4.89. The average molecular weight is 383 g/mol. The molecule has 0 amide bonds. The lowest BCUT2D eigenvalue weighted by Crippen LogP contribution is -2.22. The van der Waals surface area contributed by atoms with E-state index in [1.54, 1.807) is 4.57 Å². The molecule has 28 heavy (non-hydrogen) atoms. The van der Waals surface area contributed by atoms with Crippen LogP contribution in [0, 0.1) is 0 Å². The second-order valence-corrected chi connectivity index (χ2v) is 7.03. The summed E-state index contributed by atoms with van der Waals surface area (Å²) in [6.07, 6.45) is 0. The number of hydrogen-bond donors (Lipinski definition) is 0. The molecule has 134 valence electrons. The Morgan fingerprint density at radius 2 is 1.39 bits per heavy atom. The normalized spacial score (nSPS) is 11.2. The van der Waals surface area contributed by atoms with Crippen molar-refractivity contribution in [3.05, 3.63) is 106 Å². The standard InChI is InChI=1S/C24H15ClN2O/c25-18-14-12-17(13-15-18)23-26-21-10-4-3-9-20(21)24(28)27(23)22-11-5-7-16-6-1-2-8-19(16)22/h1-15H. The van der Waals surface area contributed by atoms with Gasteiger partial charge in [0.15, 0.2) is 0 Å². The largest absolute Gasteiger partial charge is 0.268 e. The van der Waals surface area contributed by atoms with E-state index >= 15 is 0 Å². The van der Waals surface area contributed by atoms with Crippen molar-refractivity contribution in [2.45, 2.75) is 0 Å². The quantitative estimate of drug-likeness (QED) is 0.383. The zero-order chi connectivity index (χ0) is 19.1. The summed E-state index contributed by atoms with van der Waals surface area (Å²) in [6, 6.07) is 28.8. The van der Waals surface area contributed by atoms with E-state index in [1.165, 1.54) is 0 Å². The van der Waals surface area contributed by atoms with Gasteiger partial charge < -0.3 is 0 Å². The molecule has 4 aromatic carbocycles. The molecule has 0 N–H and O–H groups in total. The molecule has 0 saturated heterocycles. The lowest BCUT2D eigenvalue weighted by Gasteiger charge is -2.16. The number of para-hydroxylation sites is 1. The number of aromatic nitrogens is 2. The third-order valence-corrected chi connectivity index (χ3v) is 5.14. The smallest absolute Gasteiger partial charge is 0.266 e. The monoisotopic (exact) mass is 382 g/mol. The predicted molar refractivity (Wildman–Crippen MR) is 115 cm³/mol. The van der Waals surface area contributed by atoms with Crippen LogP contribution in [0.4, 0.5) is 0 Å². The molecule has 0 saturated carbocycles. The fourth-order valence-electron chi connectivity index (χ4n) is 3.55. The molecule has 0 unspecified atom stereocenters. The minimum absolute atomic E-state index is 0.0908. The topological polar surface area (TPSA) is 34.9 Å². The van der Waals surface area contributed by atoms with Crippen LogP contribution in [0.1, 0.15) is 0 Å². The summed E-state index contributed by atoms with van der Waals surface area (Å²) in [7, 11) is 0. The molecule has 0 radical (unpaired) electrons. The van der Waals surface area contributed by atoms with Crippen LogP contribution in [0.25, 0.3) is 38.8 Å². The lowest BCUT2D eigenvalue weighted by atomic mass is 10.1. The fourth-order valence-corrected chi connectivity index (χ4v) is 3.68. The summed E-state index contributed by atoms with van der Waals surface area (Å²) in [4.78, 5) is 18.4. The van der Waals surface area contributed by atoms with Gasteiger partial charge in [-0.2, -0.15) is 0 Å². The first-order valence-electron chi connectivity index (χ1n) is 8.98. The van der Waals surface area contributed by atoms with Crippen LogP contribution in [0.2, 0.25) is 5.02 Å². The number of benzene rings is 4. The van der Waals surface area contributed by atoms with Crippen LogP contribution in [0.5, 0.6) is 0 Å². The Balaban J connectivity index is 1.94. The van der Waals surface area contributed by atoms with Crippen molar-refractivity contribution in [1.82, 2.24) is 9.55 Å². The van der Waals surface area contributed by atoms with E-state index in [0.29, 0.717) is 21.7 Å². The van der Waals surface area contributed by atoms with Crippen LogP contribution in [0.15, 0.2) is 95.8 Å². The first kappa shape index (κ1) is 16.7. The van der Waals surface area contributed by atoms with Crippen LogP contribution < -0.4 is 5.56 Å². The Morgan fingerprint density at radius 3 is 2.21 bits per heavy atom. The van der Waals surface area contributed by atoms with E-state index in [9.17, 15) is 4.79 Å². The van der Waals surface area contributed by atoms with Gasteiger partial charge in [0.05, 0.1) is 16.6 Å². The van der Waals surface area contributed by atoms with Crippen molar-refractivity contribution in [2.24, 2.45) is 0 Å². The molecule has 0 atom stereocenters. The zero-order valence-electron chi connectivity index (χ0n) is 14.8. The van der Waals surface area contributed by atoms with E-state index in [-0.39, 0.29) is 5.56 Å². The second kappa shape index (κ2) is 6.63. The van der Waals surface area contributed by atoms with Gasteiger partial charge in [-0.1, -0.05) is 60.1 Å². The molecule has 1 heterocycles. The van der Waals surface area contributed by atoms with E-state index in [2.05, 4.69) is 0 Å². The summed E-state index contributed by atoms with van der Waals surface area (Å²) in [5.74, 6) is 0.594. The first-order chi connectivity index (χ1) is 13.7. The molecule has 3 nitrogen and oxygen atoms in total. The molecule has 5 aromatic rings. The van der Waals surface area contributed by atoms with Crippen molar-refractivity contribution < 1.29 is 0 Å². The molecule has 0 bridgehead atoms. The minimum Gasteiger partial charge on any atom is -0.268 e. The summed E-state index contributed by atoms with van der Waals surface area (Å²) in [5.41, 5.74) is 2.23. The highest BCUT2D eigenvalue weighted by atomic mass is 35.5.